The molecule has 2 fully saturated rings. The standard InChI is InChI=1S/C42H40N6O/c1-25-23-47-35-17-9-15-31(27-11-5-3-6-12-27)37(35)39-33(41(47)45-25)19-29(21-43-39)49-30-20-34-40(44-22-30)38-32(28-13-7-4-8-14-28)16-10-18-36(38)48-24-26(2)46-42(34)48/h9-10,15-24,27-28H,3-8,11-14H2,1-2H3. The van der Waals surface area contributed by atoms with E-state index in [1.165, 1.54) is 97.1 Å². The first-order valence-corrected chi connectivity index (χ1v) is 18.2. The second kappa shape index (κ2) is 11.3. The Balaban J connectivity index is 1.13. The average Bonchev–Trinajstić information content (AvgIpc) is 3.74. The van der Waals surface area contributed by atoms with Crippen LogP contribution in [0.5, 0.6) is 11.5 Å². The topological polar surface area (TPSA) is 69.6 Å². The number of aryl methyl sites for hydroxylation is 2. The maximum Gasteiger partial charge on any atom is 0.147 e. The van der Waals surface area contributed by atoms with Crippen molar-refractivity contribution in [2.45, 2.75) is 89.9 Å². The Hall–Kier alpha value is -5.04. The van der Waals surface area contributed by atoms with Crippen molar-refractivity contribution in [3.8, 4) is 11.5 Å². The minimum absolute atomic E-state index is 0.557. The highest BCUT2D eigenvalue weighted by Crippen LogP contribution is 2.42. The Morgan fingerprint density at radius 2 is 1.04 bits per heavy atom. The summed E-state index contributed by atoms with van der Waals surface area (Å²) >= 11 is 0. The predicted molar refractivity (Wildman–Crippen MR) is 197 cm³/mol. The van der Waals surface area contributed by atoms with E-state index in [1.807, 2.05) is 12.4 Å². The maximum absolute atomic E-state index is 6.62. The summed E-state index contributed by atoms with van der Waals surface area (Å²) in [4.78, 5) is 20.2. The second-order valence-corrected chi connectivity index (χ2v) is 14.5. The summed E-state index contributed by atoms with van der Waals surface area (Å²) in [5, 5.41) is 4.49. The molecule has 0 spiro atoms. The van der Waals surface area contributed by atoms with Gasteiger partial charge in [0.05, 0.1) is 45.8 Å². The average molecular weight is 645 g/mol. The Kier molecular flexibility index (Phi) is 6.65. The zero-order valence-corrected chi connectivity index (χ0v) is 28.2. The van der Waals surface area contributed by atoms with Crippen LogP contribution in [0.25, 0.3) is 54.9 Å². The Labute approximate surface area is 285 Å². The number of rotatable bonds is 4. The van der Waals surface area contributed by atoms with Crippen LogP contribution in [0.15, 0.2) is 73.3 Å². The molecule has 0 aliphatic heterocycles. The first-order chi connectivity index (χ1) is 24.1. The number of imidazole rings is 2. The third-order valence-electron chi connectivity index (χ3n) is 11.3. The molecule has 0 radical (unpaired) electrons. The van der Waals surface area contributed by atoms with E-state index in [0.29, 0.717) is 23.3 Å². The number of benzene rings is 2. The molecule has 2 aliphatic carbocycles. The number of ether oxygens (including phenoxy) is 1. The van der Waals surface area contributed by atoms with Crippen molar-refractivity contribution in [1.29, 1.82) is 0 Å². The monoisotopic (exact) mass is 644 g/mol. The summed E-state index contributed by atoms with van der Waals surface area (Å²) in [5.74, 6) is 2.46. The lowest BCUT2D eigenvalue weighted by Crippen LogP contribution is -2.06. The maximum atomic E-state index is 6.62. The number of hydrogen-bond acceptors (Lipinski definition) is 5. The van der Waals surface area contributed by atoms with Gasteiger partial charge in [0.1, 0.15) is 22.8 Å². The second-order valence-electron chi connectivity index (χ2n) is 14.5. The molecule has 10 rings (SSSR count). The van der Waals surface area contributed by atoms with Gasteiger partial charge in [-0.05, 0) is 86.8 Å². The van der Waals surface area contributed by atoms with Crippen LogP contribution in [-0.4, -0.2) is 28.7 Å². The van der Waals surface area contributed by atoms with Gasteiger partial charge in [-0.25, -0.2) is 9.97 Å². The van der Waals surface area contributed by atoms with Gasteiger partial charge in [0.15, 0.2) is 0 Å². The van der Waals surface area contributed by atoms with Gasteiger partial charge in [0, 0.05) is 33.9 Å². The molecular formula is C42H40N6O. The van der Waals surface area contributed by atoms with Crippen molar-refractivity contribution in [3.63, 3.8) is 0 Å². The molecule has 8 aromatic rings. The number of nitrogens with zero attached hydrogens (tertiary/aromatic N) is 6. The number of aromatic nitrogens is 6. The molecule has 0 atom stereocenters. The first kappa shape index (κ1) is 28.9. The van der Waals surface area contributed by atoms with Crippen LogP contribution in [0.4, 0.5) is 0 Å². The largest absolute Gasteiger partial charge is 0.454 e. The minimum Gasteiger partial charge on any atom is -0.454 e. The Morgan fingerprint density at radius 3 is 1.49 bits per heavy atom. The highest BCUT2D eigenvalue weighted by molar-refractivity contribution is 6.12. The van der Waals surface area contributed by atoms with Gasteiger partial charge in [-0.2, -0.15) is 0 Å². The summed E-state index contributed by atoms with van der Waals surface area (Å²) in [6.07, 6.45) is 20.8. The minimum atomic E-state index is 0.557. The van der Waals surface area contributed by atoms with Gasteiger partial charge in [-0.15, -0.1) is 0 Å². The Bertz CT molecular complexity index is 2410. The first-order valence-electron chi connectivity index (χ1n) is 18.2. The van der Waals surface area contributed by atoms with Gasteiger partial charge in [-0.3, -0.25) is 18.8 Å². The van der Waals surface area contributed by atoms with E-state index >= 15 is 0 Å². The predicted octanol–water partition coefficient (Wildman–Crippen LogP) is 10.9. The molecule has 6 heterocycles. The van der Waals surface area contributed by atoms with Crippen molar-refractivity contribution in [1.82, 2.24) is 28.7 Å². The van der Waals surface area contributed by atoms with Gasteiger partial charge < -0.3 is 4.74 Å². The van der Waals surface area contributed by atoms with Gasteiger partial charge in [0.25, 0.3) is 0 Å². The number of fused-ring (bicyclic) bond motifs is 12. The van der Waals surface area contributed by atoms with Crippen LogP contribution < -0.4 is 4.74 Å². The van der Waals surface area contributed by atoms with Crippen LogP contribution in [0.2, 0.25) is 0 Å². The lowest BCUT2D eigenvalue weighted by molar-refractivity contribution is 0.445. The zero-order valence-electron chi connectivity index (χ0n) is 28.2. The fourth-order valence-corrected chi connectivity index (χ4v) is 9.16. The molecule has 0 saturated heterocycles. The Morgan fingerprint density at radius 1 is 0.592 bits per heavy atom. The quantitative estimate of drug-likeness (QED) is 0.178. The van der Waals surface area contributed by atoms with E-state index in [9.17, 15) is 0 Å². The van der Waals surface area contributed by atoms with Crippen molar-refractivity contribution >= 4 is 54.9 Å². The highest BCUT2D eigenvalue weighted by atomic mass is 16.5. The van der Waals surface area contributed by atoms with Crippen molar-refractivity contribution in [2.24, 2.45) is 0 Å². The fourth-order valence-electron chi connectivity index (χ4n) is 9.16. The van der Waals surface area contributed by atoms with Crippen LogP contribution in [-0.2, 0) is 0 Å². The third-order valence-corrected chi connectivity index (χ3v) is 11.3. The van der Waals surface area contributed by atoms with Crippen LogP contribution in [0.3, 0.4) is 0 Å². The van der Waals surface area contributed by atoms with Crippen molar-refractivity contribution in [2.75, 3.05) is 0 Å². The van der Waals surface area contributed by atoms with Crippen LogP contribution >= 0.6 is 0 Å². The van der Waals surface area contributed by atoms with Gasteiger partial charge in [0.2, 0.25) is 0 Å². The summed E-state index contributed by atoms with van der Waals surface area (Å²) in [5.41, 5.74) is 10.9. The summed E-state index contributed by atoms with van der Waals surface area (Å²) < 4.78 is 11.1. The summed E-state index contributed by atoms with van der Waals surface area (Å²) in [7, 11) is 0. The molecule has 0 amide bonds. The van der Waals surface area contributed by atoms with E-state index in [1.54, 1.807) is 0 Å². The van der Waals surface area contributed by atoms with E-state index < -0.39 is 0 Å². The smallest absolute Gasteiger partial charge is 0.147 e. The van der Waals surface area contributed by atoms with Gasteiger partial charge in [-0.1, -0.05) is 62.8 Å². The molecule has 6 aromatic heterocycles. The fraction of sp³-hybridized carbons (Fsp3) is 0.333. The molecule has 2 aromatic carbocycles. The van der Waals surface area contributed by atoms with Gasteiger partial charge >= 0.3 is 0 Å². The molecule has 2 saturated carbocycles. The molecule has 0 bridgehead atoms. The summed E-state index contributed by atoms with van der Waals surface area (Å²) in [6.45, 7) is 4.12. The summed E-state index contributed by atoms with van der Waals surface area (Å²) in [6, 6.07) is 17.7. The van der Waals surface area contributed by atoms with Crippen molar-refractivity contribution < 1.29 is 4.74 Å². The van der Waals surface area contributed by atoms with E-state index in [0.717, 1.165) is 44.5 Å². The molecule has 7 heteroatoms. The molecular weight excluding hydrogens is 605 g/mol. The third kappa shape index (κ3) is 4.62. The van der Waals surface area contributed by atoms with E-state index in [4.69, 9.17) is 24.7 Å². The molecule has 2 aliphatic rings. The molecule has 49 heavy (non-hydrogen) atoms. The van der Waals surface area contributed by atoms with E-state index in [-0.39, 0.29) is 0 Å². The molecule has 244 valence electrons. The number of hydrogen-bond donors (Lipinski definition) is 0. The molecule has 7 nitrogen and oxygen atoms in total. The molecule has 0 N–H and O–H groups in total. The van der Waals surface area contributed by atoms with E-state index in [2.05, 4.69) is 83.6 Å². The lowest BCUT2D eigenvalue weighted by atomic mass is 9.82. The normalized spacial score (nSPS) is 16.6. The highest BCUT2D eigenvalue weighted by Gasteiger charge is 2.24. The van der Waals surface area contributed by atoms with Crippen molar-refractivity contribution in [3.05, 3.63) is 95.8 Å². The SMILES string of the molecule is Cc1cn2c3cccc(C4CCCCC4)c3c3ncc(Oc4cnc5c(c4)c4nc(C)cn4c4cccc(C6CCCCC6)c54)cc3c2n1. The lowest BCUT2D eigenvalue weighted by Gasteiger charge is -2.24. The number of pyridine rings is 4. The molecule has 0 unspecified atom stereocenters. The van der Waals surface area contributed by atoms with Crippen LogP contribution in [0, 0.1) is 13.8 Å². The van der Waals surface area contributed by atoms with Crippen LogP contribution in [0.1, 0.15) is 98.6 Å². The zero-order chi connectivity index (χ0) is 32.6.